The second kappa shape index (κ2) is 8.32. The first-order valence-electron chi connectivity index (χ1n) is 6.79. The molecule has 0 aromatic heterocycles. The van der Waals surface area contributed by atoms with Crippen LogP contribution in [0.15, 0.2) is 30.3 Å². The van der Waals surface area contributed by atoms with Gasteiger partial charge in [0, 0.05) is 19.5 Å². The van der Waals surface area contributed by atoms with Crippen molar-refractivity contribution in [2.75, 3.05) is 13.6 Å². The normalized spacial score (nSPS) is 13.3. The minimum absolute atomic E-state index is 0.0743. The molecule has 3 N–H and O–H groups in total. The molecule has 1 aromatic rings. The van der Waals surface area contributed by atoms with E-state index in [0.717, 1.165) is 5.56 Å². The Balaban J connectivity index is 2.61. The summed E-state index contributed by atoms with van der Waals surface area (Å²) in [6.45, 7) is 4.01. The molecule has 2 unspecified atom stereocenters. The van der Waals surface area contributed by atoms with Gasteiger partial charge in [0.15, 0.2) is 0 Å². The van der Waals surface area contributed by atoms with E-state index >= 15 is 0 Å². The lowest BCUT2D eigenvalue weighted by molar-refractivity contribution is -0.122. The zero-order valence-electron chi connectivity index (χ0n) is 12.3. The molecule has 0 aliphatic carbocycles. The third-order valence-corrected chi connectivity index (χ3v) is 3.07. The summed E-state index contributed by atoms with van der Waals surface area (Å²) in [4.78, 5) is 23.2. The van der Waals surface area contributed by atoms with Crippen molar-refractivity contribution in [1.29, 1.82) is 0 Å². The molecule has 0 aliphatic heterocycles. The summed E-state index contributed by atoms with van der Waals surface area (Å²) >= 11 is 0. The van der Waals surface area contributed by atoms with Gasteiger partial charge in [0.25, 0.3) is 0 Å². The highest BCUT2D eigenvalue weighted by atomic mass is 16.2. The lowest BCUT2D eigenvalue weighted by Crippen LogP contribution is -2.39. The van der Waals surface area contributed by atoms with Crippen molar-refractivity contribution in [3.8, 4) is 0 Å². The van der Waals surface area contributed by atoms with E-state index in [1.807, 2.05) is 44.3 Å². The van der Waals surface area contributed by atoms with Gasteiger partial charge in [-0.2, -0.15) is 0 Å². The fourth-order valence-corrected chi connectivity index (χ4v) is 1.81. The fraction of sp³-hybridized carbons (Fsp3) is 0.467. The zero-order valence-corrected chi connectivity index (χ0v) is 12.3. The second-order valence-corrected chi connectivity index (χ2v) is 4.86. The van der Waals surface area contributed by atoms with E-state index in [1.54, 1.807) is 0 Å². The van der Waals surface area contributed by atoms with Crippen molar-refractivity contribution < 1.29 is 9.59 Å². The van der Waals surface area contributed by atoms with Crippen LogP contribution in [-0.4, -0.2) is 31.4 Å². The van der Waals surface area contributed by atoms with E-state index in [-0.39, 0.29) is 30.3 Å². The van der Waals surface area contributed by atoms with Crippen molar-refractivity contribution in [1.82, 2.24) is 16.0 Å². The molecule has 0 spiro atoms. The van der Waals surface area contributed by atoms with Gasteiger partial charge in [0.05, 0.1) is 12.5 Å². The van der Waals surface area contributed by atoms with Gasteiger partial charge in [-0.25, -0.2) is 0 Å². The standard InChI is InChI=1S/C15H23N3O2/c1-11(16-3)10-17-15(20)9-14(18-12(2)19)13-7-5-4-6-8-13/h4-8,11,14,16H,9-10H2,1-3H3,(H,17,20)(H,18,19). The molecular weight excluding hydrogens is 254 g/mol. The number of nitrogens with one attached hydrogen (secondary N) is 3. The monoisotopic (exact) mass is 277 g/mol. The molecule has 5 heteroatoms. The third-order valence-electron chi connectivity index (χ3n) is 3.07. The van der Waals surface area contributed by atoms with Crippen LogP contribution in [0.3, 0.4) is 0 Å². The van der Waals surface area contributed by atoms with Crippen LogP contribution in [0.4, 0.5) is 0 Å². The van der Waals surface area contributed by atoms with Crippen molar-refractivity contribution in [2.45, 2.75) is 32.4 Å². The van der Waals surface area contributed by atoms with E-state index in [9.17, 15) is 9.59 Å². The Hall–Kier alpha value is -1.88. The lowest BCUT2D eigenvalue weighted by atomic mass is 10.0. The Bertz CT molecular complexity index is 434. The van der Waals surface area contributed by atoms with E-state index < -0.39 is 0 Å². The predicted octanol–water partition coefficient (Wildman–Crippen LogP) is 0.978. The highest BCUT2D eigenvalue weighted by Crippen LogP contribution is 2.16. The number of rotatable bonds is 7. The van der Waals surface area contributed by atoms with E-state index in [2.05, 4.69) is 16.0 Å². The van der Waals surface area contributed by atoms with Crippen LogP contribution in [-0.2, 0) is 9.59 Å². The number of benzene rings is 1. The van der Waals surface area contributed by atoms with E-state index in [0.29, 0.717) is 6.54 Å². The first kappa shape index (κ1) is 16.2. The molecular formula is C15H23N3O2. The molecule has 0 radical (unpaired) electrons. The number of hydrogen-bond donors (Lipinski definition) is 3. The smallest absolute Gasteiger partial charge is 0.222 e. The van der Waals surface area contributed by atoms with Gasteiger partial charge in [0.1, 0.15) is 0 Å². The summed E-state index contributed by atoms with van der Waals surface area (Å²) in [7, 11) is 1.85. The highest BCUT2D eigenvalue weighted by molar-refractivity contribution is 5.79. The Morgan fingerprint density at radius 1 is 1.20 bits per heavy atom. The molecule has 20 heavy (non-hydrogen) atoms. The SMILES string of the molecule is CNC(C)CNC(=O)CC(NC(C)=O)c1ccccc1. The van der Waals surface area contributed by atoms with Crippen LogP contribution in [0, 0.1) is 0 Å². The van der Waals surface area contributed by atoms with Crippen molar-refractivity contribution in [2.24, 2.45) is 0 Å². The van der Waals surface area contributed by atoms with Crippen LogP contribution >= 0.6 is 0 Å². The van der Waals surface area contributed by atoms with Crippen LogP contribution in [0.5, 0.6) is 0 Å². The molecule has 0 heterocycles. The molecule has 0 saturated heterocycles. The van der Waals surface area contributed by atoms with Gasteiger partial charge in [0.2, 0.25) is 11.8 Å². The number of carbonyl (C=O) groups is 2. The summed E-state index contributed by atoms with van der Waals surface area (Å²) in [5, 5.41) is 8.72. The Kier molecular flexibility index (Phi) is 6.73. The summed E-state index contributed by atoms with van der Waals surface area (Å²) in [6.07, 6.45) is 0.236. The molecule has 2 amide bonds. The summed E-state index contributed by atoms with van der Waals surface area (Å²) in [6, 6.07) is 9.43. The zero-order chi connectivity index (χ0) is 15.0. The van der Waals surface area contributed by atoms with Crippen molar-refractivity contribution in [3.63, 3.8) is 0 Å². The number of carbonyl (C=O) groups excluding carboxylic acids is 2. The molecule has 0 saturated carbocycles. The average molecular weight is 277 g/mol. The second-order valence-electron chi connectivity index (χ2n) is 4.86. The molecule has 5 nitrogen and oxygen atoms in total. The van der Waals surface area contributed by atoms with Crippen molar-refractivity contribution >= 4 is 11.8 Å². The average Bonchev–Trinajstić information content (AvgIpc) is 2.44. The van der Waals surface area contributed by atoms with Gasteiger partial charge in [-0.15, -0.1) is 0 Å². The van der Waals surface area contributed by atoms with Gasteiger partial charge in [-0.3, -0.25) is 9.59 Å². The number of amides is 2. The molecule has 1 rings (SSSR count). The number of hydrogen-bond acceptors (Lipinski definition) is 3. The lowest BCUT2D eigenvalue weighted by Gasteiger charge is -2.19. The molecule has 0 fully saturated rings. The Morgan fingerprint density at radius 2 is 1.85 bits per heavy atom. The summed E-state index contributed by atoms with van der Waals surface area (Å²) in [5.74, 6) is -0.218. The van der Waals surface area contributed by atoms with Crippen molar-refractivity contribution in [3.05, 3.63) is 35.9 Å². The Morgan fingerprint density at radius 3 is 2.40 bits per heavy atom. The van der Waals surface area contributed by atoms with Crippen LogP contribution in [0.25, 0.3) is 0 Å². The molecule has 0 aliphatic rings. The first-order valence-corrected chi connectivity index (χ1v) is 6.79. The highest BCUT2D eigenvalue weighted by Gasteiger charge is 2.16. The largest absolute Gasteiger partial charge is 0.354 e. The van der Waals surface area contributed by atoms with Gasteiger partial charge >= 0.3 is 0 Å². The predicted molar refractivity (Wildman–Crippen MR) is 79.1 cm³/mol. The maximum atomic E-state index is 11.9. The van der Waals surface area contributed by atoms with Gasteiger partial charge in [-0.05, 0) is 19.5 Å². The minimum atomic E-state index is -0.293. The summed E-state index contributed by atoms with van der Waals surface area (Å²) < 4.78 is 0. The summed E-state index contributed by atoms with van der Waals surface area (Å²) in [5.41, 5.74) is 0.930. The maximum Gasteiger partial charge on any atom is 0.222 e. The van der Waals surface area contributed by atoms with Crippen LogP contribution in [0.1, 0.15) is 31.9 Å². The quantitative estimate of drug-likeness (QED) is 0.696. The Labute approximate surface area is 120 Å². The molecule has 2 atom stereocenters. The minimum Gasteiger partial charge on any atom is -0.354 e. The third kappa shape index (κ3) is 5.84. The van der Waals surface area contributed by atoms with E-state index in [1.165, 1.54) is 6.92 Å². The van der Waals surface area contributed by atoms with Gasteiger partial charge < -0.3 is 16.0 Å². The molecule has 0 bridgehead atoms. The maximum absolute atomic E-state index is 11.9. The van der Waals surface area contributed by atoms with E-state index in [4.69, 9.17) is 0 Å². The number of likely N-dealkylation sites (N-methyl/N-ethyl adjacent to an activating group) is 1. The fourth-order valence-electron chi connectivity index (χ4n) is 1.81. The van der Waals surface area contributed by atoms with Crippen LogP contribution < -0.4 is 16.0 Å². The molecule has 1 aromatic carbocycles. The van der Waals surface area contributed by atoms with Crippen LogP contribution in [0.2, 0.25) is 0 Å². The topological polar surface area (TPSA) is 70.2 Å². The molecule has 110 valence electrons. The van der Waals surface area contributed by atoms with Gasteiger partial charge in [-0.1, -0.05) is 30.3 Å². The first-order chi connectivity index (χ1) is 9.52.